The average Bonchev–Trinajstić information content (AvgIpc) is 3.29. The first-order chi connectivity index (χ1) is 16.9. The van der Waals surface area contributed by atoms with E-state index in [9.17, 15) is 19.4 Å². The van der Waals surface area contributed by atoms with Crippen molar-refractivity contribution in [3.63, 3.8) is 0 Å². The normalized spacial score (nSPS) is 23.2. The van der Waals surface area contributed by atoms with Gasteiger partial charge in [0.05, 0.1) is 24.6 Å². The maximum absolute atomic E-state index is 13.6. The predicted octanol–water partition coefficient (Wildman–Crippen LogP) is 4.91. The van der Waals surface area contributed by atoms with Gasteiger partial charge in [-0.15, -0.1) is 0 Å². The molecule has 184 valence electrons. The number of ether oxygens (including phenoxy) is 1. The fourth-order valence-corrected chi connectivity index (χ4v) is 5.97. The molecular formula is C28H31FN2O4. The van der Waals surface area contributed by atoms with Gasteiger partial charge in [0.25, 0.3) is 0 Å². The van der Waals surface area contributed by atoms with Gasteiger partial charge in [0, 0.05) is 24.2 Å². The molecule has 1 unspecified atom stereocenters. The Labute approximate surface area is 204 Å². The summed E-state index contributed by atoms with van der Waals surface area (Å²) in [5.74, 6) is -0.797. The van der Waals surface area contributed by atoms with Crippen LogP contribution < -0.4 is 4.74 Å². The van der Waals surface area contributed by atoms with Crippen LogP contribution in [0.3, 0.4) is 0 Å². The lowest BCUT2D eigenvalue weighted by atomic mass is 9.80. The fourth-order valence-electron chi connectivity index (χ4n) is 5.97. The Balaban J connectivity index is 1.27. The van der Waals surface area contributed by atoms with E-state index in [4.69, 9.17) is 4.74 Å². The molecule has 35 heavy (non-hydrogen) atoms. The molecule has 7 heteroatoms. The zero-order chi connectivity index (χ0) is 24.5. The van der Waals surface area contributed by atoms with Crippen LogP contribution in [0.4, 0.5) is 4.39 Å². The van der Waals surface area contributed by atoms with Crippen molar-refractivity contribution in [2.75, 3.05) is 20.2 Å². The van der Waals surface area contributed by atoms with E-state index in [0.29, 0.717) is 25.1 Å². The standard InChI is InChI=1S/C28H31FN2O4/c1-35-20-5-7-25-23(15-20)22(10-12-30-25)27(32)9-3-17-11-13-31(16-24(17)28(33)34)26-8-2-18-14-19(29)4-6-21(18)26/h4-7,10,12,14-15,17,24,26-27,32H,2-3,8-9,11,13,16H2,1H3,(H,33,34)/t17-,24+,26?,27+/m1/s1. The third-order valence-corrected chi connectivity index (χ3v) is 7.85. The number of aliphatic carboxylic acids is 1. The van der Waals surface area contributed by atoms with Crippen molar-refractivity contribution in [2.45, 2.75) is 44.2 Å². The number of benzene rings is 2. The number of aryl methyl sites for hydroxylation is 1. The van der Waals surface area contributed by atoms with Gasteiger partial charge in [0.1, 0.15) is 11.6 Å². The Bertz CT molecular complexity index is 1230. The molecule has 3 aromatic rings. The van der Waals surface area contributed by atoms with Crippen LogP contribution in [0.25, 0.3) is 10.9 Å². The molecule has 1 saturated heterocycles. The van der Waals surface area contributed by atoms with E-state index >= 15 is 0 Å². The smallest absolute Gasteiger partial charge is 0.308 e. The third-order valence-electron chi connectivity index (χ3n) is 7.85. The van der Waals surface area contributed by atoms with Crippen molar-refractivity contribution < 1.29 is 24.1 Å². The number of likely N-dealkylation sites (tertiary alicyclic amines) is 1. The Kier molecular flexibility index (Phi) is 6.71. The molecule has 2 N–H and O–H groups in total. The quantitative estimate of drug-likeness (QED) is 0.502. The zero-order valence-electron chi connectivity index (χ0n) is 19.9. The van der Waals surface area contributed by atoms with Gasteiger partial charge in [-0.1, -0.05) is 6.07 Å². The maximum Gasteiger partial charge on any atom is 0.308 e. The number of aliphatic hydroxyl groups is 1. The second-order valence-electron chi connectivity index (χ2n) is 9.76. The van der Waals surface area contributed by atoms with Gasteiger partial charge in [0.2, 0.25) is 0 Å². The number of nitrogens with zero attached hydrogens (tertiary/aromatic N) is 2. The molecule has 1 aromatic heterocycles. The molecule has 0 radical (unpaired) electrons. The number of hydrogen-bond donors (Lipinski definition) is 2. The molecule has 0 spiro atoms. The monoisotopic (exact) mass is 478 g/mol. The molecule has 0 bridgehead atoms. The number of hydrogen-bond acceptors (Lipinski definition) is 5. The number of rotatable bonds is 7. The summed E-state index contributed by atoms with van der Waals surface area (Å²) in [7, 11) is 1.61. The molecular weight excluding hydrogens is 447 g/mol. The highest BCUT2D eigenvalue weighted by Gasteiger charge is 2.38. The van der Waals surface area contributed by atoms with Crippen LogP contribution in [0.2, 0.25) is 0 Å². The Morgan fingerprint density at radius 1 is 1.23 bits per heavy atom. The maximum atomic E-state index is 13.6. The second-order valence-corrected chi connectivity index (χ2v) is 9.76. The number of piperidine rings is 1. The number of aromatic nitrogens is 1. The third kappa shape index (κ3) is 4.75. The minimum absolute atomic E-state index is 0.00451. The average molecular weight is 479 g/mol. The topological polar surface area (TPSA) is 82.9 Å². The zero-order valence-corrected chi connectivity index (χ0v) is 19.9. The summed E-state index contributed by atoms with van der Waals surface area (Å²) in [6.45, 7) is 1.29. The van der Waals surface area contributed by atoms with Gasteiger partial charge in [0.15, 0.2) is 0 Å². The van der Waals surface area contributed by atoms with Crippen molar-refractivity contribution in [2.24, 2.45) is 11.8 Å². The van der Waals surface area contributed by atoms with Crippen LogP contribution in [0, 0.1) is 17.7 Å². The number of methoxy groups -OCH3 is 1. The number of carboxylic acids is 1. The van der Waals surface area contributed by atoms with Crippen molar-refractivity contribution in [3.05, 3.63) is 71.2 Å². The summed E-state index contributed by atoms with van der Waals surface area (Å²) in [5.41, 5.74) is 3.74. The van der Waals surface area contributed by atoms with Gasteiger partial charge in [-0.05, 0) is 97.7 Å². The van der Waals surface area contributed by atoms with Crippen molar-refractivity contribution in [1.82, 2.24) is 9.88 Å². The van der Waals surface area contributed by atoms with E-state index in [-0.39, 0.29) is 17.8 Å². The first-order valence-corrected chi connectivity index (χ1v) is 12.3. The summed E-state index contributed by atoms with van der Waals surface area (Å²) in [4.78, 5) is 18.9. The lowest BCUT2D eigenvalue weighted by Crippen LogP contribution is -2.45. The van der Waals surface area contributed by atoms with E-state index in [1.54, 1.807) is 19.4 Å². The van der Waals surface area contributed by atoms with Crippen molar-refractivity contribution in [3.8, 4) is 5.75 Å². The highest BCUT2D eigenvalue weighted by Crippen LogP contribution is 2.41. The highest BCUT2D eigenvalue weighted by molar-refractivity contribution is 5.83. The molecule has 0 saturated carbocycles. The molecule has 1 fully saturated rings. The molecule has 5 rings (SSSR count). The van der Waals surface area contributed by atoms with E-state index < -0.39 is 18.0 Å². The molecule has 2 heterocycles. The molecule has 0 amide bonds. The van der Waals surface area contributed by atoms with Crippen LogP contribution >= 0.6 is 0 Å². The van der Waals surface area contributed by atoms with Crippen LogP contribution in [-0.4, -0.2) is 46.3 Å². The number of carbonyl (C=O) groups is 1. The number of aliphatic hydroxyl groups excluding tert-OH is 1. The van der Waals surface area contributed by atoms with Crippen molar-refractivity contribution >= 4 is 16.9 Å². The number of fused-ring (bicyclic) bond motifs is 2. The predicted molar refractivity (Wildman–Crippen MR) is 131 cm³/mol. The van der Waals surface area contributed by atoms with E-state index in [0.717, 1.165) is 53.4 Å². The lowest BCUT2D eigenvalue weighted by Gasteiger charge is -2.40. The van der Waals surface area contributed by atoms with E-state index in [2.05, 4.69) is 9.88 Å². The number of pyridine rings is 1. The molecule has 6 nitrogen and oxygen atoms in total. The highest BCUT2D eigenvalue weighted by atomic mass is 19.1. The van der Waals surface area contributed by atoms with E-state index in [1.165, 1.54) is 6.07 Å². The Morgan fingerprint density at radius 3 is 2.89 bits per heavy atom. The minimum Gasteiger partial charge on any atom is -0.497 e. The Morgan fingerprint density at radius 2 is 2.09 bits per heavy atom. The van der Waals surface area contributed by atoms with Gasteiger partial charge in [-0.3, -0.25) is 14.7 Å². The largest absolute Gasteiger partial charge is 0.497 e. The molecule has 2 aliphatic rings. The fraction of sp³-hybridized carbons (Fsp3) is 0.429. The summed E-state index contributed by atoms with van der Waals surface area (Å²) in [6, 6.07) is 12.5. The van der Waals surface area contributed by atoms with Crippen LogP contribution in [0.1, 0.15) is 54.5 Å². The summed E-state index contributed by atoms with van der Waals surface area (Å²) in [6.07, 6.45) is 4.58. The number of carboxylic acid groups (broad SMARTS) is 1. The lowest BCUT2D eigenvalue weighted by molar-refractivity contribution is -0.146. The van der Waals surface area contributed by atoms with E-state index in [1.807, 2.05) is 30.3 Å². The first kappa shape index (κ1) is 23.7. The SMILES string of the molecule is COc1ccc2nccc([C@@H](O)CC[C@@H]3CCN(C4CCc5cc(F)ccc54)C[C@@H]3C(=O)O)c2c1. The summed E-state index contributed by atoms with van der Waals surface area (Å²) < 4.78 is 19.0. The van der Waals surface area contributed by atoms with Crippen LogP contribution in [0.15, 0.2) is 48.7 Å². The first-order valence-electron chi connectivity index (χ1n) is 12.3. The molecule has 1 aliphatic carbocycles. The Hall–Kier alpha value is -3.03. The van der Waals surface area contributed by atoms with Crippen LogP contribution in [0.5, 0.6) is 5.75 Å². The van der Waals surface area contributed by atoms with Gasteiger partial charge < -0.3 is 14.9 Å². The van der Waals surface area contributed by atoms with Gasteiger partial charge in [-0.25, -0.2) is 4.39 Å². The minimum atomic E-state index is -0.786. The molecule has 1 aliphatic heterocycles. The second kappa shape index (κ2) is 9.91. The molecule has 4 atom stereocenters. The van der Waals surface area contributed by atoms with Crippen molar-refractivity contribution in [1.29, 1.82) is 0 Å². The molecule has 2 aromatic carbocycles. The van der Waals surface area contributed by atoms with Crippen LogP contribution in [-0.2, 0) is 11.2 Å². The summed E-state index contributed by atoms with van der Waals surface area (Å²) in [5, 5.41) is 21.9. The van der Waals surface area contributed by atoms with Gasteiger partial charge >= 0.3 is 5.97 Å². The number of halogens is 1. The summed E-state index contributed by atoms with van der Waals surface area (Å²) >= 11 is 0. The van der Waals surface area contributed by atoms with Gasteiger partial charge in [-0.2, -0.15) is 0 Å².